The molecule has 2 nitrogen and oxygen atoms in total. The van der Waals surface area contributed by atoms with Gasteiger partial charge in [0.05, 0.1) is 17.2 Å². The summed E-state index contributed by atoms with van der Waals surface area (Å²) in [7, 11) is 0. The minimum atomic E-state index is 0.0826. The largest absolute Gasteiger partial charge is 0.391 e. The number of aryl methyl sites for hydroxylation is 3. The van der Waals surface area contributed by atoms with Crippen molar-refractivity contribution < 1.29 is 5.11 Å². The third kappa shape index (κ3) is 2.33. The molecule has 0 saturated heterocycles. The van der Waals surface area contributed by atoms with Crippen LogP contribution in [0.15, 0.2) is 18.2 Å². The van der Waals surface area contributed by atoms with Crippen LogP contribution in [0.2, 0.25) is 0 Å². The van der Waals surface area contributed by atoms with Crippen molar-refractivity contribution in [2.75, 3.05) is 0 Å². The Hall–Kier alpha value is -1.19. The molecule has 0 bridgehead atoms. The molecule has 18 heavy (non-hydrogen) atoms. The number of aliphatic hydroxyl groups is 1. The molecule has 0 unspecified atom stereocenters. The molecule has 1 heterocycles. The van der Waals surface area contributed by atoms with Crippen molar-refractivity contribution in [2.45, 2.75) is 40.2 Å². The number of nitrogens with zero attached hydrogens (tertiary/aromatic N) is 1. The molecule has 0 fully saturated rings. The van der Waals surface area contributed by atoms with Gasteiger partial charge in [-0.1, -0.05) is 32.0 Å². The topological polar surface area (TPSA) is 33.1 Å². The number of aromatic nitrogens is 1. The first kappa shape index (κ1) is 13.2. The van der Waals surface area contributed by atoms with E-state index in [4.69, 9.17) is 0 Å². The molecule has 0 saturated carbocycles. The molecule has 0 aliphatic rings. The van der Waals surface area contributed by atoms with Crippen LogP contribution in [-0.4, -0.2) is 10.1 Å². The standard InChI is InChI=1S/C15H19NOS/c1-4-11-7-6-8-12(5-2)14(11)15-16-10(3)13(9-17)18-15/h6-8,17H,4-5,9H2,1-3H3. The maximum absolute atomic E-state index is 9.30. The lowest BCUT2D eigenvalue weighted by Gasteiger charge is -2.10. The minimum Gasteiger partial charge on any atom is -0.391 e. The summed E-state index contributed by atoms with van der Waals surface area (Å²) in [5.41, 5.74) is 4.90. The van der Waals surface area contributed by atoms with E-state index in [1.807, 2.05) is 6.92 Å². The second kappa shape index (κ2) is 5.63. The van der Waals surface area contributed by atoms with Gasteiger partial charge in [-0.2, -0.15) is 0 Å². The molecular weight excluding hydrogens is 242 g/mol. The van der Waals surface area contributed by atoms with Crippen molar-refractivity contribution in [3.8, 4) is 10.6 Å². The summed E-state index contributed by atoms with van der Waals surface area (Å²) >= 11 is 1.61. The molecule has 1 aromatic carbocycles. The Labute approximate surface area is 112 Å². The maximum atomic E-state index is 9.30. The van der Waals surface area contributed by atoms with Crippen LogP contribution < -0.4 is 0 Å². The normalized spacial score (nSPS) is 10.9. The zero-order chi connectivity index (χ0) is 13.1. The van der Waals surface area contributed by atoms with Crippen molar-refractivity contribution in [3.63, 3.8) is 0 Å². The van der Waals surface area contributed by atoms with Crippen molar-refractivity contribution in [2.24, 2.45) is 0 Å². The molecule has 1 aromatic heterocycles. The Morgan fingerprint density at radius 1 is 1.17 bits per heavy atom. The highest BCUT2D eigenvalue weighted by Crippen LogP contribution is 2.33. The summed E-state index contributed by atoms with van der Waals surface area (Å²) in [6, 6.07) is 6.46. The SMILES string of the molecule is CCc1cccc(CC)c1-c1nc(C)c(CO)s1. The van der Waals surface area contributed by atoms with Crippen LogP contribution in [-0.2, 0) is 19.4 Å². The van der Waals surface area contributed by atoms with Gasteiger partial charge in [-0.25, -0.2) is 4.98 Å². The monoisotopic (exact) mass is 261 g/mol. The van der Waals surface area contributed by atoms with Gasteiger partial charge in [-0.05, 0) is 30.9 Å². The molecule has 2 rings (SSSR count). The van der Waals surface area contributed by atoms with Crippen LogP contribution in [0.1, 0.15) is 35.5 Å². The zero-order valence-electron chi connectivity index (χ0n) is 11.2. The molecule has 0 radical (unpaired) electrons. The summed E-state index contributed by atoms with van der Waals surface area (Å²) in [4.78, 5) is 5.60. The smallest absolute Gasteiger partial charge is 0.124 e. The Bertz CT molecular complexity index is 523. The lowest BCUT2D eigenvalue weighted by molar-refractivity contribution is 0.284. The molecule has 0 aliphatic heterocycles. The molecule has 0 spiro atoms. The van der Waals surface area contributed by atoms with Crippen molar-refractivity contribution in [1.82, 2.24) is 4.98 Å². The van der Waals surface area contributed by atoms with E-state index in [2.05, 4.69) is 37.0 Å². The van der Waals surface area contributed by atoms with E-state index >= 15 is 0 Å². The lowest BCUT2D eigenvalue weighted by Crippen LogP contribution is -1.93. The molecule has 96 valence electrons. The molecule has 2 aromatic rings. The summed E-state index contributed by atoms with van der Waals surface area (Å²) < 4.78 is 0. The van der Waals surface area contributed by atoms with Crippen molar-refractivity contribution in [1.29, 1.82) is 0 Å². The minimum absolute atomic E-state index is 0.0826. The van der Waals surface area contributed by atoms with E-state index in [1.165, 1.54) is 16.7 Å². The predicted octanol–water partition coefficient (Wildman–Crippen LogP) is 3.74. The average Bonchev–Trinajstić information content (AvgIpc) is 2.78. The van der Waals surface area contributed by atoms with Crippen LogP contribution in [0, 0.1) is 6.92 Å². The molecule has 0 amide bonds. The van der Waals surface area contributed by atoms with Crippen LogP contribution in [0.4, 0.5) is 0 Å². The molecule has 1 N–H and O–H groups in total. The highest BCUT2D eigenvalue weighted by Gasteiger charge is 2.14. The van der Waals surface area contributed by atoms with Gasteiger partial charge in [-0.15, -0.1) is 11.3 Å². The van der Waals surface area contributed by atoms with Crippen LogP contribution >= 0.6 is 11.3 Å². The average molecular weight is 261 g/mol. The number of benzene rings is 1. The first-order valence-corrected chi connectivity index (χ1v) is 7.21. The fourth-order valence-corrected chi connectivity index (χ4v) is 3.24. The maximum Gasteiger partial charge on any atom is 0.124 e. The molecular formula is C15H19NOS. The van der Waals surface area contributed by atoms with Crippen LogP contribution in [0.25, 0.3) is 10.6 Å². The number of aliphatic hydroxyl groups excluding tert-OH is 1. The predicted molar refractivity (Wildman–Crippen MR) is 77.0 cm³/mol. The highest BCUT2D eigenvalue weighted by atomic mass is 32.1. The van der Waals surface area contributed by atoms with Gasteiger partial charge >= 0.3 is 0 Å². The lowest BCUT2D eigenvalue weighted by atomic mass is 9.98. The number of thiazole rings is 1. The van der Waals surface area contributed by atoms with E-state index in [1.54, 1.807) is 11.3 Å². The van der Waals surface area contributed by atoms with E-state index in [9.17, 15) is 5.11 Å². The Morgan fingerprint density at radius 3 is 2.22 bits per heavy atom. The van der Waals surface area contributed by atoms with E-state index in [0.717, 1.165) is 28.4 Å². The quantitative estimate of drug-likeness (QED) is 0.909. The second-order valence-electron chi connectivity index (χ2n) is 4.34. The third-order valence-electron chi connectivity index (χ3n) is 3.25. The van der Waals surface area contributed by atoms with Crippen LogP contribution in [0.3, 0.4) is 0 Å². The van der Waals surface area contributed by atoms with Crippen molar-refractivity contribution >= 4 is 11.3 Å². The fourth-order valence-electron chi connectivity index (χ4n) is 2.20. The first-order chi connectivity index (χ1) is 8.71. The van der Waals surface area contributed by atoms with Crippen LogP contribution in [0.5, 0.6) is 0 Å². The van der Waals surface area contributed by atoms with Crippen molar-refractivity contribution in [3.05, 3.63) is 39.9 Å². The second-order valence-corrected chi connectivity index (χ2v) is 5.43. The van der Waals surface area contributed by atoms with E-state index < -0.39 is 0 Å². The summed E-state index contributed by atoms with van der Waals surface area (Å²) in [5.74, 6) is 0. The molecule has 0 aliphatic carbocycles. The summed E-state index contributed by atoms with van der Waals surface area (Å²) in [6.45, 7) is 6.39. The number of rotatable bonds is 4. The van der Waals surface area contributed by atoms with E-state index in [0.29, 0.717) is 0 Å². The van der Waals surface area contributed by atoms with Gasteiger partial charge in [-0.3, -0.25) is 0 Å². The molecule has 3 heteroatoms. The van der Waals surface area contributed by atoms with Gasteiger partial charge in [0.25, 0.3) is 0 Å². The van der Waals surface area contributed by atoms with E-state index in [-0.39, 0.29) is 6.61 Å². The Morgan fingerprint density at radius 2 is 1.78 bits per heavy atom. The third-order valence-corrected chi connectivity index (χ3v) is 4.41. The first-order valence-electron chi connectivity index (χ1n) is 6.39. The fraction of sp³-hybridized carbons (Fsp3) is 0.400. The summed E-state index contributed by atoms with van der Waals surface area (Å²) in [6.07, 6.45) is 2.02. The van der Waals surface area contributed by atoms with Gasteiger partial charge < -0.3 is 5.11 Å². The molecule has 0 atom stereocenters. The Kier molecular flexibility index (Phi) is 4.15. The highest BCUT2D eigenvalue weighted by molar-refractivity contribution is 7.15. The van der Waals surface area contributed by atoms with Gasteiger partial charge in [0.15, 0.2) is 0 Å². The van der Waals surface area contributed by atoms with Gasteiger partial charge in [0.2, 0.25) is 0 Å². The van der Waals surface area contributed by atoms with Gasteiger partial charge in [0, 0.05) is 5.56 Å². The summed E-state index contributed by atoms with van der Waals surface area (Å²) in [5, 5.41) is 10.3. The van der Waals surface area contributed by atoms with Gasteiger partial charge in [0.1, 0.15) is 5.01 Å². The zero-order valence-corrected chi connectivity index (χ0v) is 12.0. The number of hydrogen-bond donors (Lipinski definition) is 1. The number of hydrogen-bond acceptors (Lipinski definition) is 3. The Balaban J connectivity index is 2.60.